The van der Waals surface area contributed by atoms with Gasteiger partial charge in [-0.15, -0.1) is 0 Å². The summed E-state index contributed by atoms with van der Waals surface area (Å²) in [4.78, 5) is 27.3. The van der Waals surface area contributed by atoms with E-state index in [4.69, 9.17) is 5.26 Å². The Kier molecular flexibility index (Phi) is 4.62. The lowest BCUT2D eigenvalue weighted by molar-refractivity contribution is -0.136. The molecule has 1 aromatic carbocycles. The molecule has 0 aliphatic rings. The van der Waals surface area contributed by atoms with Crippen LogP contribution in [0, 0.1) is 11.3 Å². The second kappa shape index (κ2) is 6.82. The summed E-state index contributed by atoms with van der Waals surface area (Å²) in [5, 5.41) is 13.7. The molecule has 2 aromatic rings. The van der Waals surface area contributed by atoms with Crippen LogP contribution in [-0.2, 0) is 16.1 Å². The average molecular weight is 280 g/mol. The maximum atomic E-state index is 11.7. The predicted molar refractivity (Wildman–Crippen MR) is 75.9 cm³/mol. The summed E-state index contributed by atoms with van der Waals surface area (Å²) in [7, 11) is 0. The molecule has 0 spiro atoms. The zero-order valence-electron chi connectivity index (χ0n) is 11.0. The van der Waals surface area contributed by atoms with Gasteiger partial charge in [-0.25, -0.2) is 0 Å². The van der Waals surface area contributed by atoms with E-state index in [9.17, 15) is 9.59 Å². The molecule has 1 heterocycles. The first-order valence-electron chi connectivity index (χ1n) is 6.17. The lowest BCUT2D eigenvalue weighted by Gasteiger charge is -2.06. The van der Waals surface area contributed by atoms with Crippen molar-refractivity contribution in [2.45, 2.75) is 6.54 Å². The molecule has 0 unspecified atom stereocenters. The quantitative estimate of drug-likeness (QED) is 0.826. The fourth-order valence-corrected chi connectivity index (χ4v) is 1.62. The van der Waals surface area contributed by atoms with Crippen LogP contribution >= 0.6 is 0 Å². The molecule has 0 bridgehead atoms. The summed E-state index contributed by atoms with van der Waals surface area (Å²) in [6.45, 7) is 0.221. The lowest BCUT2D eigenvalue weighted by Crippen LogP contribution is -2.34. The Bertz CT molecular complexity index is 692. The number of aromatic nitrogens is 1. The van der Waals surface area contributed by atoms with E-state index in [1.54, 1.807) is 42.7 Å². The first kappa shape index (κ1) is 14.2. The Morgan fingerprint density at radius 1 is 1.19 bits per heavy atom. The van der Waals surface area contributed by atoms with Gasteiger partial charge in [0.25, 0.3) is 0 Å². The van der Waals surface area contributed by atoms with Gasteiger partial charge in [-0.1, -0.05) is 12.1 Å². The van der Waals surface area contributed by atoms with Crippen molar-refractivity contribution in [3.8, 4) is 6.07 Å². The number of pyridine rings is 1. The molecule has 0 radical (unpaired) electrons. The summed E-state index contributed by atoms with van der Waals surface area (Å²) in [5.41, 5.74) is 1.60. The van der Waals surface area contributed by atoms with Gasteiger partial charge in [0.05, 0.1) is 11.6 Å². The zero-order chi connectivity index (χ0) is 15.1. The van der Waals surface area contributed by atoms with E-state index in [-0.39, 0.29) is 6.54 Å². The molecule has 2 rings (SSSR count). The third-order valence-electron chi connectivity index (χ3n) is 2.63. The van der Waals surface area contributed by atoms with Crippen LogP contribution in [0.5, 0.6) is 0 Å². The van der Waals surface area contributed by atoms with Crippen LogP contribution in [0.1, 0.15) is 11.1 Å². The molecular formula is C15H12N4O2. The van der Waals surface area contributed by atoms with Crippen molar-refractivity contribution in [1.82, 2.24) is 10.3 Å². The normalized spacial score (nSPS) is 9.48. The molecule has 6 nitrogen and oxygen atoms in total. The third-order valence-corrected chi connectivity index (χ3v) is 2.63. The molecular weight excluding hydrogens is 268 g/mol. The van der Waals surface area contributed by atoms with Crippen LogP contribution in [0.4, 0.5) is 5.69 Å². The highest BCUT2D eigenvalue weighted by molar-refractivity contribution is 6.39. The highest BCUT2D eigenvalue weighted by Gasteiger charge is 2.13. The Labute approximate surface area is 121 Å². The number of rotatable bonds is 3. The molecule has 0 atom stereocenters. The highest BCUT2D eigenvalue weighted by Crippen LogP contribution is 2.09. The molecule has 0 aliphatic heterocycles. The number of nitriles is 1. The smallest absolute Gasteiger partial charge is 0.313 e. The molecule has 0 fully saturated rings. The zero-order valence-corrected chi connectivity index (χ0v) is 11.0. The van der Waals surface area contributed by atoms with Gasteiger partial charge < -0.3 is 10.6 Å². The number of nitrogens with zero attached hydrogens (tertiary/aromatic N) is 2. The monoisotopic (exact) mass is 280 g/mol. The topological polar surface area (TPSA) is 94.9 Å². The van der Waals surface area contributed by atoms with E-state index < -0.39 is 11.8 Å². The van der Waals surface area contributed by atoms with Crippen molar-refractivity contribution in [3.05, 3.63) is 59.9 Å². The van der Waals surface area contributed by atoms with E-state index in [0.29, 0.717) is 11.3 Å². The lowest BCUT2D eigenvalue weighted by atomic mass is 10.2. The van der Waals surface area contributed by atoms with Crippen molar-refractivity contribution in [1.29, 1.82) is 5.26 Å². The first-order valence-corrected chi connectivity index (χ1v) is 6.17. The molecule has 0 aliphatic carbocycles. The van der Waals surface area contributed by atoms with E-state index >= 15 is 0 Å². The summed E-state index contributed by atoms with van der Waals surface area (Å²) >= 11 is 0. The van der Waals surface area contributed by atoms with Crippen LogP contribution in [0.3, 0.4) is 0 Å². The minimum Gasteiger partial charge on any atom is -0.344 e. The van der Waals surface area contributed by atoms with Gasteiger partial charge in [0.15, 0.2) is 0 Å². The highest BCUT2D eigenvalue weighted by atomic mass is 16.2. The first-order chi connectivity index (χ1) is 10.2. The Morgan fingerprint density at radius 3 is 2.76 bits per heavy atom. The van der Waals surface area contributed by atoms with Gasteiger partial charge in [-0.3, -0.25) is 14.6 Å². The number of anilines is 1. The minimum atomic E-state index is -0.783. The molecule has 104 valence electrons. The average Bonchev–Trinajstić information content (AvgIpc) is 2.53. The van der Waals surface area contributed by atoms with Crippen molar-refractivity contribution >= 4 is 17.5 Å². The van der Waals surface area contributed by atoms with Crippen LogP contribution < -0.4 is 10.6 Å². The molecule has 0 saturated carbocycles. The van der Waals surface area contributed by atoms with Gasteiger partial charge in [0.2, 0.25) is 0 Å². The van der Waals surface area contributed by atoms with Crippen molar-refractivity contribution < 1.29 is 9.59 Å². The number of nitrogens with one attached hydrogen (secondary N) is 2. The molecule has 2 N–H and O–H groups in total. The van der Waals surface area contributed by atoms with Crippen LogP contribution in [0.2, 0.25) is 0 Å². The number of hydrogen-bond acceptors (Lipinski definition) is 4. The number of carbonyl (C=O) groups is 2. The summed E-state index contributed by atoms with van der Waals surface area (Å²) in [6.07, 6.45) is 3.23. The predicted octanol–water partition coefficient (Wildman–Crippen LogP) is 1.21. The molecule has 1 aromatic heterocycles. The number of hydrogen-bond donors (Lipinski definition) is 2. The maximum Gasteiger partial charge on any atom is 0.313 e. The Morgan fingerprint density at radius 2 is 2.05 bits per heavy atom. The third kappa shape index (κ3) is 4.14. The van der Waals surface area contributed by atoms with E-state index in [1.165, 1.54) is 6.07 Å². The van der Waals surface area contributed by atoms with Gasteiger partial charge in [0, 0.05) is 24.6 Å². The SMILES string of the molecule is N#Cc1cccc(NC(=O)C(=O)NCc2cccnc2)c1. The van der Waals surface area contributed by atoms with Gasteiger partial charge >= 0.3 is 11.8 Å². The van der Waals surface area contributed by atoms with Crippen molar-refractivity contribution in [2.75, 3.05) is 5.32 Å². The van der Waals surface area contributed by atoms with E-state index in [0.717, 1.165) is 5.56 Å². The Hall–Kier alpha value is -3.20. The number of amides is 2. The molecule has 21 heavy (non-hydrogen) atoms. The van der Waals surface area contributed by atoms with Gasteiger partial charge in [0.1, 0.15) is 0 Å². The van der Waals surface area contributed by atoms with Crippen LogP contribution in [0.25, 0.3) is 0 Å². The maximum absolute atomic E-state index is 11.7. The van der Waals surface area contributed by atoms with Gasteiger partial charge in [-0.2, -0.15) is 5.26 Å². The fraction of sp³-hybridized carbons (Fsp3) is 0.0667. The second-order valence-corrected chi connectivity index (χ2v) is 4.19. The van der Waals surface area contributed by atoms with Gasteiger partial charge in [-0.05, 0) is 29.8 Å². The summed E-state index contributed by atoms with van der Waals surface area (Å²) < 4.78 is 0. The van der Waals surface area contributed by atoms with Crippen molar-refractivity contribution in [2.24, 2.45) is 0 Å². The van der Waals surface area contributed by atoms with E-state index in [2.05, 4.69) is 15.6 Å². The second-order valence-electron chi connectivity index (χ2n) is 4.19. The number of carbonyl (C=O) groups excluding carboxylic acids is 2. The largest absolute Gasteiger partial charge is 0.344 e. The van der Waals surface area contributed by atoms with Crippen LogP contribution in [-0.4, -0.2) is 16.8 Å². The van der Waals surface area contributed by atoms with E-state index in [1.807, 2.05) is 6.07 Å². The number of benzene rings is 1. The summed E-state index contributed by atoms with van der Waals surface area (Å²) in [6, 6.07) is 11.8. The molecule has 6 heteroatoms. The standard InChI is InChI=1S/C15H12N4O2/c16-8-11-3-1-5-13(7-11)19-15(21)14(20)18-10-12-4-2-6-17-9-12/h1-7,9H,10H2,(H,18,20)(H,19,21). The fourth-order valence-electron chi connectivity index (χ4n) is 1.62. The summed E-state index contributed by atoms with van der Waals surface area (Å²) in [5.74, 6) is -1.53. The van der Waals surface area contributed by atoms with Crippen LogP contribution in [0.15, 0.2) is 48.8 Å². The molecule has 2 amide bonds. The Balaban J connectivity index is 1.91. The van der Waals surface area contributed by atoms with Crippen molar-refractivity contribution in [3.63, 3.8) is 0 Å². The molecule has 0 saturated heterocycles. The minimum absolute atomic E-state index is 0.221.